The van der Waals surface area contributed by atoms with Crippen LogP contribution in [0.25, 0.3) is 5.57 Å². The van der Waals surface area contributed by atoms with E-state index in [1.807, 2.05) is 37.5 Å². The molecule has 1 aromatic rings. The van der Waals surface area contributed by atoms with Crippen LogP contribution >= 0.6 is 11.8 Å². The van der Waals surface area contributed by atoms with Crippen molar-refractivity contribution in [2.24, 2.45) is 0 Å². The summed E-state index contributed by atoms with van der Waals surface area (Å²) in [6.07, 6.45) is 5.90. The van der Waals surface area contributed by atoms with Crippen molar-refractivity contribution in [3.63, 3.8) is 0 Å². The summed E-state index contributed by atoms with van der Waals surface area (Å²) in [5, 5.41) is 0.811. The summed E-state index contributed by atoms with van der Waals surface area (Å²) in [6.45, 7) is 0.864. The lowest BCUT2D eigenvalue weighted by Crippen LogP contribution is -2.17. The second-order valence-corrected chi connectivity index (χ2v) is 5.06. The lowest BCUT2D eigenvalue weighted by atomic mass is 10.2. The molecule has 4 nitrogen and oxygen atoms in total. The van der Waals surface area contributed by atoms with E-state index in [-0.39, 0.29) is 0 Å². The molecule has 1 aromatic heterocycles. The van der Waals surface area contributed by atoms with Gasteiger partial charge in [-0.2, -0.15) is 0 Å². The van der Waals surface area contributed by atoms with Crippen LogP contribution in [0.2, 0.25) is 0 Å². The van der Waals surface area contributed by atoms with Crippen LogP contribution in [0.3, 0.4) is 0 Å². The minimum absolute atomic E-state index is 0.811. The molecule has 17 heavy (non-hydrogen) atoms. The first-order valence-corrected chi connectivity index (χ1v) is 6.64. The summed E-state index contributed by atoms with van der Waals surface area (Å²) in [5.41, 5.74) is 2.18. The third kappa shape index (κ3) is 4.75. The van der Waals surface area contributed by atoms with Gasteiger partial charge in [-0.05, 0) is 26.4 Å². The Kier molecular flexibility index (Phi) is 5.44. The van der Waals surface area contributed by atoms with Crippen LogP contribution < -0.4 is 0 Å². The first kappa shape index (κ1) is 14.0. The zero-order chi connectivity index (χ0) is 12.8. The van der Waals surface area contributed by atoms with E-state index in [0.717, 1.165) is 17.4 Å². The topological polar surface area (TPSA) is 32.3 Å². The molecule has 5 heteroatoms. The van der Waals surface area contributed by atoms with Crippen molar-refractivity contribution < 1.29 is 0 Å². The van der Waals surface area contributed by atoms with Gasteiger partial charge in [-0.3, -0.25) is 0 Å². The van der Waals surface area contributed by atoms with Crippen molar-refractivity contribution in [3.05, 3.63) is 24.2 Å². The van der Waals surface area contributed by atoms with Gasteiger partial charge in [0.05, 0.1) is 5.69 Å². The average Bonchev–Trinajstić information content (AvgIpc) is 2.27. The van der Waals surface area contributed by atoms with Gasteiger partial charge in [-0.1, -0.05) is 11.8 Å². The van der Waals surface area contributed by atoms with Crippen LogP contribution in [0.4, 0.5) is 0 Å². The van der Waals surface area contributed by atoms with Gasteiger partial charge in [0.2, 0.25) is 0 Å². The Hall–Kier alpha value is -1.07. The average molecular weight is 252 g/mol. The molecule has 0 aliphatic heterocycles. The summed E-state index contributed by atoms with van der Waals surface area (Å²) in [7, 11) is 8.15. The van der Waals surface area contributed by atoms with E-state index < -0.39 is 0 Å². The van der Waals surface area contributed by atoms with Gasteiger partial charge in [0.25, 0.3) is 0 Å². The molecule has 0 aliphatic rings. The zero-order valence-electron chi connectivity index (χ0n) is 11.1. The number of hydrogen-bond acceptors (Lipinski definition) is 5. The number of thioether (sulfide) groups is 1. The Morgan fingerprint density at radius 2 is 2.06 bits per heavy atom. The smallest absolute Gasteiger partial charge is 0.187 e. The lowest BCUT2D eigenvalue weighted by Gasteiger charge is -2.16. The van der Waals surface area contributed by atoms with Crippen LogP contribution in [-0.4, -0.2) is 60.8 Å². The fourth-order valence-corrected chi connectivity index (χ4v) is 1.81. The van der Waals surface area contributed by atoms with Gasteiger partial charge >= 0.3 is 0 Å². The van der Waals surface area contributed by atoms with Crippen molar-refractivity contribution >= 4 is 17.3 Å². The Bertz CT molecular complexity index is 388. The fourth-order valence-electron chi connectivity index (χ4n) is 1.46. The van der Waals surface area contributed by atoms with Crippen molar-refractivity contribution in [2.45, 2.75) is 5.16 Å². The fraction of sp³-hybridized carbons (Fsp3) is 0.500. The van der Waals surface area contributed by atoms with Crippen molar-refractivity contribution in [1.29, 1.82) is 0 Å². The van der Waals surface area contributed by atoms with Crippen LogP contribution in [0, 0.1) is 0 Å². The van der Waals surface area contributed by atoms with Gasteiger partial charge in [-0.15, -0.1) is 0 Å². The molecule has 0 amide bonds. The van der Waals surface area contributed by atoms with Crippen molar-refractivity contribution in [2.75, 3.05) is 41.0 Å². The number of rotatable bonds is 5. The molecule has 0 saturated carbocycles. The highest BCUT2D eigenvalue weighted by atomic mass is 32.2. The molecular formula is C12H20N4S. The monoisotopic (exact) mass is 252 g/mol. The molecule has 0 radical (unpaired) electrons. The van der Waals surface area contributed by atoms with Crippen molar-refractivity contribution in [1.82, 2.24) is 19.8 Å². The highest BCUT2D eigenvalue weighted by Gasteiger charge is 2.07. The Labute approximate surface area is 108 Å². The van der Waals surface area contributed by atoms with E-state index in [2.05, 4.69) is 35.2 Å². The molecule has 0 fully saturated rings. The predicted molar refractivity (Wildman–Crippen MR) is 74.0 cm³/mol. The number of likely N-dealkylation sites (N-methyl/N-ethyl adjacent to an activating group) is 1. The molecule has 0 N–H and O–H groups in total. The van der Waals surface area contributed by atoms with Gasteiger partial charge in [0.15, 0.2) is 5.16 Å². The highest BCUT2D eigenvalue weighted by Crippen LogP contribution is 2.16. The van der Waals surface area contributed by atoms with Crippen molar-refractivity contribution in [3.8, 4) is 0 Å². The van der Waals surface area contributed by atoms with Gasteiger partial charge < -0.3 is 9.80 Å². The van der Waals surface area contributed by atoms with E-state index in [1.165, 1.54) is 5.57 Å². The molecule has 0 atom stereocenters. The largest absolute Gasteiger partial charge is 0.383 e. The Morgan fingerprint density at radius 1 is 1.35 bits per heavy atom. The molecule has 94 valence electrons. The molecule has 0 saturated heterocycles. The molecule has 0 aromatic carbocycles. The number of hydrogen-bond donors (Lipinski definition) is 0. The maximum absolute atomic E-state index is 4.53. The molecule has 0 aliphatic carbocycles. The molecule has 1 rings (SSSR count). The molecular weight excluding hydrogens is 232 g/mol. The normalized spacial score (nSPS) is 12.0. The summed E-state index contributed by atoms with van der Waals surface area (Å²) >= 11 is 1.56. The second kappa shape index (κ2) is 6.61. The maximum atomic E-state index is 4.53. The van der Waals surface area contributed by atoms with Crippen LogP contribution in [-0.2, 0) is 0 Å². The van der Waals surface area contributed by atoms with E-state index in [4.69, 9.17) is 0 Å². The third-order valence-corrected chi connectivity index (χ3v) is 2.61. The SMILES string of the molecule is CSc1nccc(/C(=C\N(C)C)CN(C)C)n1. The number of nitrogens with zero attached hydrogens (tertiary/aromatic N) is 4. The summed E-state index contributed by atoms with van der Waals surface area (Å²) in [4.78, 5) is 12.9. The Balaban J connectivity index is 3.03. The van der Waals surface area contributed by atoms with E-state index in [9.17, 15) is 0 Å². The highest BCUT2D eigenvalue weighted by molar-refractivity contribution is 7.98. The summed E-state index contributed by atoms with van der Waals surface area (Å²) < 4.78 is 0. The molecule has 0 bridgehead atoms. The lowest BCUT2D eigenvalue weighted by molar-refractivity contribution is 0.458. The minimum Gasteiger partial charge on any atom is -0.383 e. The molecule has 1 heterocycles. The number of aromatic nitrogens is 2. The first-order valence-electron chi connectivity index (χ1n) is 5.42. The summed E-state index contributed by atoms with van der Waals surface area (Å²) in [5.74, 6) is 0. The Morgan fingerprint density at radius 3 is 2.59 bits per heavy atom. The predicted octanol–water partition coefficient (Wildman–Crippen LogP) is 1.66. The maximum Gasteiger partial charge on any atom is 0.187 e. The van der Waals surface area contributed by atoms with Gasteiger partial charge in [-0.25, -0.2) is 9.97 Å². The summed E-state index contributed by atoms with van der Waals surface area (Å²) in [6, 6.07) is 1.96. The van der Waals surface area contributed by atoms with Crippen LogP contribution in [0.1, 0.15) is 5.69 Å². The first-order chi connectivity index (χ1) is 8.02. The van der Waals surface area contributed by atoms with Crippen LogP contribution in [0.15, 0.2) is 23.6 Å². The van der Waals surface area contributed by atoms with Gasteiger partial charge in [0.1, 0.15) is 0 Å². The third-order valence-electron chi connectivity index (χ3n) is 2.05. The van der Waals surface area contributed by atoms with E-state index in [1.54, 1.807) is 11.8 Å². The second-order valence-electron chi connectivity index (χ2n) is 4.28. The zero-order valence-corrected chi connectivity index (χ0v) is 12.0. The van der Waals surface area contributed by atoms with E-state index >= 15 is 0 Å². The van der Waals surface area contributed by atoms with E-state index in [0.29, 0.717) is 0 Å². The minimum atomic E-state index is 0.811. The van der Waals surface area contributed by atoms with Crippen LogP contribution in [0.5, 0.6) is 0 Å². The molecule has 0 unspecified atom stereocenters. The quantitative estimate of drug-likeness (QED) is 0.588. The standard InChI is InChI=1S/C12H20N4S/c1-15(2)8-10(9-16(3)4)11-6-7-13-12(14-11)17-5/h6-8H,9H2,1-5H3/b10-8-. The van der Waals surface area contributed by atoms with Gasteiger partial charge in [0, 0.05) is 38.6 Å². The molecule has 0 spiro atoms.